The van der Waals surface area contributed by atoms with Gasteiger partial charge < -0.3 is 19.1 Å². The minimum Gasteiger partial charge on any atom is -0.501 e. The second-order valence-corrected chi connectivity index (χ2v) is 4.15. The van der Waals surface area contributed by atoms with Gasteiger partial charge in [0.05, 0.1) is 0 Å². The molecular weight excluding hydrogens is 257 g/mol. The number of rotatable bonds is 6. The molecule has 0 saturated heterocycles. The summed E-state index contributed by atoms with van der Waals surface area (Å²) in [4.78, 5) is 0. The van der Waals surface area contributed by atoms with Crippen molar-refractivity contribution in [1.29, 1.82) is 0 Å². The Morgan fingerprint density at radius 3 is 1.95 bits per heavy atom. The standard InChI is InChI=1S/C14H16BNO4/c1-11(16)18-12-7-9-14(10-8-12)20-15(17)19-13-5-3-2-4-6-13/h2-11,17H,16H2,1H3. The lowest BCUT2D eigenvalue weighted by atomic mass is 10.2. The van der Waals surface area contributed by atoms with E-state index in [1.165, 1.54) is 0 Å². The van der Waals surface area contributed by atoms with Crippen molar-refractivity contribution in [2.24, 2.45) is 5.73 Å². The van der Waals surface area contributed by atoms with E-state index in [4.69, 9.17) is 19.8 Å². The van der Waals surface area contributed by atoms with Gasteiger partial charge in [-0.25, -0.2) is 0 Å². The Morgan fingerprint density at radius 1 is 0.900 bits per heavy atom. The van der Waals surface area contributed by atoms with Crippen molar-refractivity contribution in [1.82, 2.24) is 0 Å². The number of nitrogens with two attached hydrogens (primary N) is 1. The van der Waals surface area contributed by atoms with E-state index in [0.717, 1.165) is 0 Å². The Kier molecular flexibility index (Phi) is 4.87. The van der Waals surface area contributed by atoms with Crippen LogP contribution < -0.4 is 19.8 Å². The molecule has 0 heterocycles. The SMILES string of the molecule is CC(N)Oc1ccc(OB(O)Oc2ccccc2)cc1. The molecule has 2 aromatic rings. The van der Waals surface area contributed by atoms with E-state index in [1.807, 2.05) is 18.2 Å². The lowest BCUT2D eigenvalue weighted by molar-refractivity contribution is 0.229. The third-order valence-corrected chi connectivity index (χ3v) is 2.36. The van der Waals surface area contributed by atoms with Gasteiger partial charge in [-0.15, -0.1) is 0 Å². The smallest absolute Gasteiger partial charge is 0.501 e. The normalized spacial score (nSPS) is 11.6. The van der Waals surface area contributed by atoms with Gasteiger partial charge in [0, 0.05) is 0 Å². The van der Waals surface area contributed by atoms with Gasteiger partial charge in [0.15, 0.2) is 0 Å². The van der Waals surface area contributed by atoms with Crippen molar-refractivity contribution in [2.75, 3.05) is 0 Å². The molecule has 6 heteroatoms. The average Bonchev–Trinajstić information content (AvgIpc) is 2.41. The third-order valence-electron chi connectivity index (χ3n) is 2.36. The molecule has 2 rings (SSSR count). The van der Waals surface area contributed by atoms with Crippen molar-refractivity contribution >= 4 is 7.32 Å². The fourth-order valence-corrected chi connectivity index (χ4v) is 1.57. The minimum absolute atomic E-state index is 0.381. The monoisotopic (exact) mass is 273 g/mol. The quantitative estimate of drug-likeness (QED) is 0.620. The number of ether oxygens (including phenoxy) is 1. The molecule has 0 aliphatic carbocycles. The molecule has 0 aliphatic heterocycles. The second kappa shape index (κ2) is 6.84. The van der Waals surface area contributed by atoms with Crippen LogP contribution in [0.5, 0.6) is 17.2 Å². The molecule has 0 radical (unpaired) electrons. The van der Waals surface area contributed by atoms with Gasteiger partial charge in [-0.05, 0) is 43.3 Å². The van der Waals surface area contributed by atoms with E-state index >= 15 is 0 Å². The van der Waals surface area contributed by atoms with Crippen LogP contribution in [0.2, 0.25) is 0 Å². The highest BCUT2D eigenvalue weighted by atomic mass is 16.7. The maximum atomic E-state index is 9.68. The van der Waals surface area contributed by atoms with E-state index in [1.54, 1.807) is 43.3 Å². The first-order valence-corrected chi connectivity index (χ1v) is 6.22. The summed E-state index contributed by atoms with van der Waals surface area (Å²) in [6.07, 6.45) is -0.381. The summed E-state index contributed by atoms with van der Waals surface area (Å²) in [6, 6.07) is 15.7. The molecule has 1 atom stereocenters. The highest BCUT2D eigenvalue weighted by Crippen LogP contribution is 2.19. The van der Waals surface area contributed by atoms with Crippen LogP contribution >= 0.6 is 0 Å². The summed E-state index contributed by atoms with van der Waals surface area (Å²) in [7, 11) is -1.38. The van der Waals surface area contributed by atoms with Gasteiger partial charge >= 0.3 is 7.32 Å². The summed E-state index contributed by atoms with van der Waals surface area (Å²) in [5.74, 6) is 1.62. The van der Waals surface area contributed by atoms with Crippen molar-refractivity contribution in [2.45, 2.75) is 13.2 Å². The first kappa shape index (κ1) is 14.2. The highest BCUT2D eigenvalue weighted by molar-refractivity contribution is 6.36. The maximum Gasteiger partial charge on any atom is 0.785 e. The van der Waals surface area contributed by atoms with Gasteiger partial charge in [0.25, 0.3) is 0 Å². The Balaban J connectivity index is 1.89. The minimum atomic E-state index is -1.38. The average molecular weight is 273 g/mol. The molecule has 2 aromatic carbocycles. The fourth-order valence-electron chi connectivity index (χ4n) is 1.57. The van der Waals surface area contributed by atoms with Crippen LogP contribution in [0, 0.1) is 0 Å². The zero-order chi connectivity index (χ0) is 14.4. The predicted molar refractivity (Wildman–Crippen MR) is 76.4 cm³/mol. The molecule has 1 unspecified atom stereocenters. The first-order chi connectivity index (χ1) is 9.63. The molecule has 0 aromatic heterocycles. The number of benzene rings is 2. The Labute approximate surface area is 118 Å². The Hall–Kier alpha value is -2.18. The van der Waals surface area contributed by atoms with Crippen molar-refractivity contribution in [3.63, 3.8) is 0 Å². The number of para-hydroxylation sites is 1. The van der Waals surface area contributed by atoms with Gasteiger partial charge in [0.2, 0.25) is 0 Å². The number of hydrogen-bond donors (Lipinski definition) is 2. The number of hydrogen-bond acceptors (Lipinski definition) is 5. The molecule has 104 valence electrons. The van der Waals surface area contributed by atoms with E-state index in [9.17, 15) is 5.02 Å². The summed E-state index contributed by atoms with van der Waals surface area (Å²) in [6.45, 7) is 1.74. The zero-order valence-electron chi connectivity index (χ0n) is 11.1. The summed E-state index contributed by atoms with van der Waals surface area (Å²) >= 11 is 0. The summed E-state index contributed by atoms with van der Waals surface area (Å²) in [5.41, 5.74) is 5.52. The van der Waals surface area contributed by atoms with E-state index in [-0.39, 0.29) is 6.23 Å². The van der Waals surface area contributed by atoms with Crippen LogP contribution in [0.3, 0.4) is 0 Å². The van der Waals surface area contributed by atoms with Gasteiger partial charge in [0.1, 0.15) is 23.5 Å². The molecule has 5 nitrogen and oxygen atoms in total. The van der Waals surface area contributed by atoms with Crippen molar-refractivity contribution in [3.05, 3.63) is 54.6 Å². The predicted octanol–water partition coefficient (Wildman–Crippen LogP) is 1.81. The highest BCUT2D eigenvalue weighted by Gasteiger charge is 2.20. The van der Waals surface area contributed by atoms with Crippen LogP contribution in [0.15, 0.2) is 54.6 Å². The van der Waals surface area contributed by atoms with E-state index < -0.39 is 7.32 Å². The Morgan fingerprint density at radius 2 is 1.40 bits per heavy atom. The third kappa shape index (κ3) is 4.49. The molecular formula is C14H16BNO4. The second-order valence-electron chi connectivity index (χ2n) is 4.15. The first-order valence-electron chi connectivity index (χ1n) is 6.22. The van der Waals surface area contributed by atoms with Crippen LogP contribution in [-0.4, -0.2) is 18.6 Å². The van der Waals surface area contributed by atoms with Crippen LogP contribution in [-0.2, 0) is 0 Å². The molecule has 0 spiro atoms. The molecule has 0 saturated carbocycles. The topological polar surface area (TPSA) is 73.9 Å². The Bertz CT molecular complexity index is 518. The largest absolute Gasteiger partial charge is 0.785 e. The molecule has 0 fully saturated rings. The van der Waals surface area contributed by atoms with Gasteiger partial charge in [-0.1, -0.05) is 18.2 Å². The molecule has 0 bridgehead atoms. The summed E-state index contributed by atoms with van der Waals surface area (Å²) < 4.78 is 15.7. The van der Waals surface area contributed by atoms with Crippen LogP contribution in [0.1, 0.15) is 6.92 Å². The molecule has 3 N–H and O–H groups in total. The summed E-state index contributed by atoms with van der Waals surface area (Å²) in [5, 5.41) is 9.68. The molecule has 0 amide bonds. The van der Waals surface area contributed by atoms with Crippen LogP contribution in [0.4, 0.5) is 0 Å². The van der Waals surface area contributed by atoms with Gasteiger partial charge in [-0.2, -0.15) is 0 Å². The van der Waals surface area contributed by atoms with E-state index in [2.05, 4.69) is 0 Å². The maximum absolute atomic E-state index is 9.68. The lowest BCUT2D eigenvalue weighted by Crippen LogP contribution is -2.29. The lowest BCUT2D eigenvalue weighted by Gasteiger charge is -2.12. The van der Waals surface area contributed by atoms with Crippen LogP contribution in [0.25, 0.3) is 0 Å². The molecule has 20 heavy (non-hydrogen) atoms. The van der Waals surface area contributed by atoms with E-state index in [0.29, 0.717) is 17.2 Å². The molecule has 0 aliphatic rings. The fraction of sp³-hybridized carbons (Fsp3) is 0.143. The zero-order valence-corrected chi connectivity index (χ0v) is 11.1. The van der Waals surface area contributed by atoms with Crippen molar-refractivity contribution < 1.29 is 19.1 Å². The van der Waals surface area contributed by atoms with Gasteiger partial charge in [-0.3, -0.25) is 5.73 Å². The van der Waals surface area contributed by atoms with Crippen molar-refractivity contribution in [3.8, 4) is 17.2 Å².